The Kier molecular flexibility index (Phi) is 6.46. The predicted molar refractivity (Wildman–Crippen MR) is 130 cm³/mol. The zero-order valence-corrected chi connectivity index (χ0v) is 21.3. The fraction of sp³-hybridized carbons (Fsp3) is 0.517. The molecule has 2 aromatic rings. The van der Waals surface area contributed by atoms with E-state index in [-0.39, 0.29) is 24.6 Å². The number of cyclic esters (lactones) is 1. The zero-order chi connectivity index (χ0) is 26.4. The summed E-state index contributed by atoms with van der Waals surface area (Å²) >= 11 is 0. The number of fused-ring (bicyclic) bond motifs is 3. The van der Waals surface area contributed by atoms with Gasteiger partial charge in [0.25, 0.3) is 0 Å². The van der Waals surface area contributed by atoms with Crippen LogP contribution in [0.5, 0.6) is 0 Å². The van der Waals surface area contributed by atoms with Gasteiger partial charge >= 0.3 is 17.9 Å². The van der Waals surface area contributed by atoms with E-state index in [1.807, 2.05) is 44.2 Å². The number of ether oxygens (including phenoxy) is 3. The lowest BCUT2D eigenvalue weighted by Gasteiger charge is -2.61. The summed E-state index contributed by atoms with van der Waals surface area (Å²) in [5, 5.41) is 0. The summed E-state index contributed by atoms with van der Waals surface area (Å²) in [6.45, 7) is 3.88. The van der Waals surface area contributed by atoms with E-state index in [0.29, 0.717) is 19.3 Å². The number of carbonyl (C=O) groups is 4. The number of ketones is 1. The fourth-order valence-corrected chi connectivity index (χ4v) is 7.23. The summed E-state index contributed by atoms with van der Waals surface area (Å²) in [6.07, 6.45) is 2.85. The molecule has 0 amide bonds. The molecule has 3 fully saturated rings. The molecule has 5 rings (SSSR count). The van der Waals surface area contributed by atoms with E-state index in [1.54, 1.807) is 6.07 Å². The van der Waals surface area contributed by atoms with Crippen molar-refractivity contribution in [1.29, 1.82) is 0 Å². The van der Waals surface area contributed by atoms with Gasteiger partial charge in [0, 0.05) is 17.9 Å². The SMILES string of the molecule is COC(=O)[C@@H]1C[C@H](OC(=O)Cc2ccccc2)C(=O)C2[C@@]1(C)CC[C@H]1C(=O)O[C@H](c3ccoc3)C[C@]21C. The van der Waals surface area contributed by atoms with Crippen molar-refractivity contribution in [3.8, 4) is 0 Å². The van der Waals surface area contributed by atoms with Crippen LogP contribution in [0.4, 0.5) is 0 Å². The highest BCUT2D eigenvalue weighted by Gasteiger charge is 2.67. The van der Waals surface area contributed by atoms with Crippen molar-refractivity contribution in [2.24, 2.45) is 28.6 Å². The van der Waals surface area contributed by atoms with Gasteiger partial charge in [0.2, 0.25) is 0 Å². The molecule has 37 heavy (non-hydrogen) atoms. The largest absolute Gasteiger partial charge is 0.472 e. The molecule has 2 saturated carbocycles. The van der Waals surface area contributed by atoms with Crippen molar-refractivity contribution < 1.29 is 37.8 Å². The molecule has 8 heteroatoms. The molecule has 2 heterocycles. The van der Waals surface area contributed by atoms with Gasteiger partial charge in [-0.15, -0.1) is 0 Å². The number of carbonyl (C=O) groups excluding carboxylic acids is 4. The summed E-state index contributed by atoms with van der Waals surface area (Å²) in [7, 11) is 1.33. The predicted octanol–water partition coefficient (Wildman–Crippen LogP) is 4.22. The van der Waals surface area contributed by atoms with Crippen molar-refractivity contribution in [3.05, 3.63) is 60.1 Å². The van der Waals surface area contributed by atoms with E-state index in [2.05, 4.69) is 0 Å². The second-order valence-electron chi connectivity index (χ2n) is 11.1. The molecule has 1 saturated heterocycles. The van der Waals surface area contributed by atoms with Gasteiger partial charge in [0.05, 0.1) is 37.9 Å². The van der Waals surface area contributed by atoms with Crippen LogP contribution in [0.25, 0.3) is 0 Å². The second-order valence-corrected chi connectivity index (χ2v) is 11.1. The van der Waals surface area contributed by atoms with Gasteiger partial charge < -0.3 is 18.6 Å². The minimum atomic E-state index is -1.10. The molecule has 3 aliphatic rings. The number of furan rings is 1. The molecular weight excluding hydrogens is 476 g/mol. The van der Waals surface area contributed by atoms with E-state index < -0.39 is 52.7 Å². The second kappa shape index (κ2) is 9.47. The highest BCUT2D eigenvalue weighted by atomic mass is 16.6. The Hall–Kier alpha value is -3.42. The lowest BCUT2D eigenvalue weighted by Crippen LogP contribution is -2.64. The Morgan fingerprint density at radius 3 is 2.51 bits per heavy atom. The average Bonchev–Trinajstić information content (AvgIpc) is 3.40. The van der Waals surface area contributed by atoms with Crippen molar-refractivity contribution in [1.82, 2.24) is 0 Å². The van der Waals surface area contributed by atoms with E-state index in [0.717, 1.165) is 11.1 Å². The van der Waals surface area contributed by atoms with E-state index in [4.69, 9.17) is 18.6 Å². The minimum Gasteiger partial charge on any atom is -0.472 e. The van der Waals surface area contributed by atoms with Crippen LogP contribution in [0, 0.1) is 28.6 Å². The van der Waals surface area contributed by atoms with Gasteiger partial charge in [-0.05, 0) is 41.7 Å². The van der Waals surface area contributed by atoms with Gasteiger partial charge in [0.1, 0.15) is 6.10 Å². The normalized spacial score (nSPS) is 35.1. The summed E-state index contributed by atoms with van der Waals surface area (Å²) in [5.41, 5.74) is -0.0687. The van der Waals surface area contributed by atoms with Crippen molar-refractivity contribution in [3.63, 3.8) is 0 Å². The number of methoxy groups -OCH3 is 1. The summed E-state index contributed by atoms with van der Waals surface area (Å²) in [5.74, 6) is -3.42. The molecule has 7 atom stereocenters. The van der Waals surface area contributed by atoms with Gasteiger partial charge in [0.15, 0.2) is 11.9 Å². The molecule has 0 bridgehead atoms. The van der Waals surface area contributed by atoms with Crippen LogP contribution >= 0.6 is 0 Å². The molecular formula is C29H32O8. The molecule has 0 N–H and O–H groups in total. The summed E-state index contributed by atoms with van der Waals surface area (Å²) in [4.78, 5) is 53.3. The number of hydrogen-bond donors (Lipinski definition) is 0. The maximum absolute atomic E-state index is 14.2. The first-order valence-electron chi connectivity index (χ1n) is 12.7. The van der Waals surface area contributed by atoms with Gasteiger partial charge in [-0.1, -0.05) is 44.2 Å². The number of esters is 3. The quantitative estimate of drug-likeness (QED) is 0.436. The Morgan fingerprint density at radius 1 is 1.08 bits per heavy atom. The highest BCUT2D eigenvalue weighted by molar-refractivity contribution is 5.93. The van der Waals surface area contributed by atoms with Gasteiger partial charge in [-0.3, -0.25) is 19.2 Å². The maximum atomic E-state index is 14.2. The Morgan fingerprint density at radius 2 is 1.84 bits per heavy atom. The molecule has 196 valence electrons. The van der Waals surface area contributed by atoms with Crippen molar-refractivity contribution in [2.75, 3.05) is 7.11 Å². The molecule has 0 spiro atoms. The average molecular weight is 509 g/mol. The van der Waals surface area contributed by atoms with Crippen molar-refractivity contribution in [2.45, 2.75) is 58.2 Å². The molecule has 1 aromatic carbocycles. The molecule has 8 nitrogen and oxygen atoms in total. The minimum absolute atomic E-state index is 0.0181. The van der Waals surface area contributed by atoms with Crippen molar-refractivity contribution >= 4 is 23.7 Å². The maximum Gasteiger partial charge on any atom is 0.310 e. The van der Waals surface area contributed by atoms with E-state index in [1.165, 1.54) is 19.6 Å². The van der Waals surface area contributed by atoms with Crippen LogP contribution in [-0.2, 0) is 39.8 Å². The van der Waals surface area contributed by atoms with Gasteiger partial charge in [-0.2, -0.15) is 0 Å². The third-order valence-electron chi connectivity index (χ3n) is 8.97. The van der Waals surface area contributed by atoms with Crippen LogP contribution in [0.3, 0.4) is 0 Å². The third kappa shape index (κ3) is 4.26. The number of Topliss-reactive ketones (excluding diaryl/α,β-unsaturated/α-hetero) is 1. The van der Waals surface area contributed by atoms with Crippen LogP contribution in [-0.4, -0.2) is 36.9 Å². The first-order valence-corrected chi connectivity index (χ1v) is 12.7. The fourth-order valence-electron chi connectivity index (χ4n) is 7.23. The monoisotopic (exact) mass is 508 g/mol. The first-order chi connectivity index (χ1) is 17.7. The Labute approximate surface area is 215 Å². The summed E-state index contributed by atoms with van der Waals surface area (Å²) < 4.78 is 21.9. The number of hydrogen-bond acceptors (Lipinski definition) is 8. The lowest BCUT2D eigenvalue weighted by atomic mass is 9.43. The van der Waals surface area contributed by atoms with E-state index in [9.17, 15) is 19.2 Å². The standard InChI is InChI=1S/C29H32O8/c1-28-11-9-19-27(33)37-22(18-10-12-35-16-18)15-29(19,2)25(28)24(31)21(14-20(28)26(32)34-3)36-23(30)13-17-7-5-4-6-8-17/h4-8,10,12,16,19-22,25H,9,11,13-15H2,1-3H3/t19-,20-,21-,22-,25?,28-,29-/m0/s1. The summed E-state index contributed by atoms with van der Waals surface area (Å²) in [6, 6.07) is 10.9. The van der Waals surface area contributed by atoms with Crippen LogP contribution in [0.1, 0.15) is 56.8 Å². The number of rotatable bonds is 5. The van der Waals surface area contributed by atoms with Crippen LogP contribution < -0.4 is 0 Å². The smallest absolute Gasteiger partial charge is 0.310 e. The van der Waals surface area contributed by atoms with Crippen LogP contribution in [0.15, 0.2) is 53.3 Å². The molecule has 0 radical (unpaired) electrons. The van der Waals surface area contributed by atoms with E-state index >= 15 is 0 Å². The topological polar surface area (TPSA) is 109 Å². The third-order valence-corrected chi connectivity index (χ3v) is 8.97. The Bertz CT molecular complexity index is 1190. The van der Waals surface area contributed by atoms with Crippen LogP contribution in [0.2, 0.25) is 0 Å². The molecule has 1 aliphatic heterocycles. The first kappa shape index (κ1) is 25.2. The molecule has 1 unspecified atom stereocenters. The highest BCUT2D eigenvalue weighted by Crippen LogP contribution is 2.65. The Balaban J connectivity index is 1.49. The number of benzene rings is 1. The van der Waals surface area contributed by atoms with Gasteiger partial charge in [-0.25, -0.2) is 0 Å². The zero-order valence-electron chi connectivity index (χ0n) is 21.3. The molecule has 1 aromatic heterocycles. The molecule has 2 aliphatic carbocycles. The lowest BCUT2D eigenvalue weighted by molar-refractivity contribution is -0.210.